The lowest BCUT2D eigenvalue weighted by molar-refractivity contribution is -0.122. The van der Waals surface area contributed by atoms with Crippen molar-refractivity contribution >= 4 is 34.1 Å². The molecule has 1 aliphatic heterocycles. The number of hydrogen-bond acceptors (Lipinski definition) is 4. The van der Waals surface area contributed by atoms with Crippen molar-refractivity contribution in [1.82, 2.24) is 0 Å². The van der Waals surface area contributed by atoms with Gasteiger partial charge in [-0.15, -0.1) is 11.3 Å². The van der Waals surface area contributed by atoms with E-state index in [1.54, 1.807) is 20.8 Å². The number of carbonyl (C=O) groups is 3. The van der Waals surface area contributed by atoms with Gasteiger partial charge < -0.3 is 5.11 Å². The molecule has 1 aliphatic rings. The van der Waals surface area contributed by atoms with E-state index >= 15 is 0 Å². The summed E-state index contributed by atoms with van der Waals surface area (Å²) in [5.41, 5.74) is 0.677. The van der Waals surface area contributed by atoms with E-state index < -0.39 is 5.97 Å². The van der Waals surface area contributed by atoms with Crippen molar-refractivity contribution in [2.24, 2.45) is 5.92 Å². The summed E-state index contributed by atoms with van der Waals surface area (Å²) in [7, 11) is 0. The van der Waals surface area contributed by atoms with E-state index in [2.05, 4.69) is 0 Å². The van der Waals surface area contributed by atoms with Crippen molar-refractivity contribution in [1.29, 1.82) is 0 Å². The molecule has 0 saturated carbocycles. The van der Waals surface area contributed by atoms with Crippen LogP contribution in [0.4, 0.5) is 5.00 Å². The normalized spacial score (nSPS) is 19.7. The standard InChI is InChI=1S/C12H13NO4S/c1-5-4-8(14)13(10(5)15)11-9(12(16)17)6(2)7(3)18-11/h5H,4H2,1-3H3,(H,16,17). The van der Waals surface area contributed by atoms with E-state index in [1.807, 2.05) is 0 Å². The van der Waals surface area contributed by atoms with Gasteiger partial charge in [-0.1, -0.05) is 6.92 Å². The molecular formula is C12H13NO4S. The molecular weight excluding hydrogens is 254 g/mol. The van der Waals surface area contributed by atoms with Crippen LogP contribution in [-0.2, 0) is 9.59 Å². The second kappa shape index (κ2) is 4.20. The summed E-state index contributed by atoms with van der Waals surface area (Å²) >= 11 is 1.18. The maximum absolute atomic E-state index is 11.9. The van der Waals surface area contributed by atoms with Crippen molar-refractivity contribution < 1.29 is 19.5 Å². The molecule has 1 aromatic heterocycles. The Morgan fingerprint density at radius 1 is 1.39 bits per heavy atom. The molecule has 1 N–H and O–H groups in total. The van der Waals surface area contributed by atoms with Gasteiger partial charge >= 0.3 is 5.97 Å². The fraction of sp³-hybridized carbons (Fsp3) is 0.417. The number of carbonyl (C=O) groups excluding carboxylic acids is 2. The summed E-state index contributed by atoms with van der Waals surface area (Å²) in [6, 6.07) is 0. The first kappa shape index (κ1) is 12.8. The van der Waals surface area contributed by atoms with Gasteiger partial charge in [-0.05, 0) is 19.4 Å². The Kier molecular flexibility index (Phi) is 2.98. The number of aryl methyl sites for hydroxylation is 1. The van der Waals surface area contributed by atoms with Crippen molar-refractivity contribution in [3.05, 3.63) is 16.0 Å². The average Bonchev–Trinajstić information content (AvgIpc) is 2.67. The minimum atomic E-state index is -1.10. The summed E-state index contributed by atoms with van der Waals surface area (Å²) in [6.07, 6.45) is 0.147. The molecule has 2 heterocycles. The Morgan fingerprint density at radius 3 is 2.44 bits per heavy atom. The smallest absolute Gasteiger partial charge is 0.339 e. The third-order valence-corrected chi connectivity index (χ3v) is 4.35. The molecule has 1 atom stereocenters. The molecule has 0 bridgehead atoms. The van der Waals surface area contributed by atoms with Crippen LogP contribution < -0.4 is 4.90 Å². The third-order valence-electron chi connectivity index (χ3n) is 3.16. The summed E-state index contributed by atoms with van der Waals surface area (Å²) in [4.78, 5) is 36.8. The lowest BCUT2D eigenvalue weighted by Crippen LogP contribution is -2.30. The van der Waals surface area contributed by atoms with E-state index in [9.17, 15) is 19.5 Å². The molecule has 5 nitrogen and oxygen atoms in total. The highest BCUT2D eigenvalue weighted by Gasteiger charge is 2.40. The van der Waals surface area contributed by atoms with Gasteiger partial charge in [-0.2, -0.15) is 0 Å². The summed E-state index contributed by atoms with van der Waals surface area (Å²) in [5.74, 6) is -2.12. The van der Waals surface area contributed by atoms with E-state index in [0.717, 1.165) is 9.78 Å². The monoisotopic (exact) mass is 267 g/mol. The van der Waals surface area contributed by atoms with Crippen molar-refractivity contribution in [2.75, 3.05) is 4.90 Å². The van der Waals surface area contributed by atoms with Crippen LogP contribution in [0.5, 0.6) is 0 Å². The Morgan fingerprint density at radius 2 is 2.00 bits per heavy atom. The van der Waals surface area contributed by atoms with E-state index in [4.69, 9.17) is 0 Å². The lowest BCUT2D eigenvalue weighted by Gasteiger charge is -2.13. The zero-order valence-corrected chi connectivity index (χ0v) is 11.1. The van der Waals surface area contributed by atoms with Crippen LogP contribution in [0.1, 0.15) is 34.1 Å². The van der Waals surface area contributed by atoms with E-state index in [-0.39, 0.29) is 34.7 Å². The number of rotatable bonds is 2. The maximum Gasteiger partial charge on any atom is 0.339 e. The molecule has 0 radical (unpaired) electrons. The number of nitrogens with zero attached hydrogens (tertiary/aromatic N) is 1. The number of thiophene rings is 1. The molecule has 18 heavy (non-hydrogen) atoms. The Bertz CT molecular complexity index is 561. The predicted molar refractivity (Wildman–Crippen MR) is 67.0 cm³/mol. The molecule has 0 spiro atoms. The highest BCUT2D eigenvalue weighted by atomic mass is 32.1. The quantitative estimate of drug-likeness (QED) is 0.831. The highest BCUT2D eigenvalue weighted by molar-refractivity contribution is 7.17. The third kappa shape index (κ3) is 1.73. The second-order valence-corrected chi connectivity index (χ2v) is 5.64. The van der Waals surface area contributed by atoms with Crippen LogP contribution in [0.25, 0.3) is 0 Å². The molecule has 0 aliphatic carbocycles. The predicted octanol–water partition coefficient (Wildman–Crippen LogP) is 1.96. The van der Waals surface area contributed by atoms with E-state index in [0.29, 0.717) is 5.56 Å². The topological polar surface area (TPSA) is 74.7 Å². The van der Waals surface area contributed by atoms with Crippen molar-refractivity contribution in [3.8, 4) is 0 Å². The van der Waals surface area contributed by atoms with Gasteiger partial charge in [0.05, 0.1) is 5.56 Å². The number of aromatic carboxylic acids is 1. The van der Waals surface area contributed by atoms with Crippen LogP contribution in [0.15, 0.2) is 0 Å². The first-order chi connectivity index (χ1) is 8.34. The Balaban J connectivity index is 2.58. The fourth-order valence-electron chi connectivity index (χ4n) is 2.02. The SMILES string of the molecule is Cc1sc(N2C(=O)CC(C)C2=O)c(C(=O)O)c1C. The molecule has 96 valence electrons. The van der Waals surface area contributed by atoms with Crippen LogP contribution in [0.3, 0.4) is 0 Å². The molecule has 6 heteroatoms. The summed E-state index contributed by atoms with van der Waals surface area (Å²) < 4.78 is 0. The number of hydrogen-bond donors (Lipinski definition) is 1. The van der Waals surface area contributed by atoms with Gasteiger partial charge in [-0.25, -0.2) is 9.69 Å². The zero-order valence-electron chi connectivity index (χ0n) is 10.3. The molecule has 2 amide bonds. The Hall–Kier alpha value is -1.69. The number of carboxylic acids is 1. The summed E-state index contributed by atoms with van der Waals surface area (Å²) in [5, 5.41) is 9.46. The maximum atomic E-state index is 11.9. The van der Waals surface area contributed by atoms with Gasteiger partial charge in [0.1, 0.15) is 5.00 Å². The molecule has 1 aromatic rings. The number of imide groups is 1. The molecule has 1 unspecified atom stereocenters. The molecule has 2 rings (SSSR count). The Labute approximate surface area is 108 Å². The fourth-order valence-corrected chi connectivity index (χ4v) is 3.19. The number of carboxylic acid groups (broad SMARTS) is 1. The number of amides is 2. The average molecular weight is 267 g/mol. The first-order valence-electron chi connectivity index (χ1n) is 5.54. The zero-order chi connectivity index (χ0) is 13.6. The minimum absolute atomic E-state index is 0.0632. The lowest BCUT2D eigenvalue weighted by atomic mass is 10.1. The second-order valence-electron chi connectivity index (χ2n) is 4.44. The van der Waals surface area contributed by atoms with Crippen LogP contribution in [0.2, 0.25) is 0 Å². The van der Waals surface area contributed by atoms with Crippen LogP contribution >= 0.6 is 11.3 Å². The van der Waals surface area contributed by atoms with Gasteiger partial charge in [0.25, 0.3) is 0 Å². The van der Waals surface area contributed by atoms with Gasteiger partial charge in [-0.3, -0.25) is 9.59 Å². The van der Waals surface area contributed by atoms with Gasteiger partial charge in [0.15, 0.2) is 0 Å². The van der Waals surface area contributed by atoms with Crippen LogP contribution in [0, 0.1) is 19.8 Å². The van der Waals surface area contributed by atoms with Gasteiger partial charge in [0, 0.05) is 17.2 Å². The van der Waals surface area contributed by atoms with Crippen LogP contribution in [-0.4, -0.2) is 22.9 Å². The summed E-state index contributed by atoms with van der Waals surface area (Å²) in [6.45, 7) is 5.14. The van der Waals surface area contributed by atoms with E-state index in [1.165, 1.54) is 11.3 Å². The van der Waals surface area contributed by atoms with Crippen molar-refractivity contribution in [2.45, 2.75) is 27.2 Å². The number of anilines is 1. The molecule has 1 saturated heterocycles. The van der Waals surface area contributed by atoms with Gasteiger partial charge in [0.2, 0.25) is 11.8 Å². The highest BCUT2D eigenvalue weighted by Crippen LogP contribution is 2.38. The molecule has 0 aromatic carbocycles. The minimum Gasteiger partial charge on any atom is -0.478 e. The largest absolute Gasteiger partial charge is 0.478 e. The molecule has 1 fully saturated rings. The van der Waals surface area contributed by atoms with Crippen molar-refractivity contribution in [3.63, 3.8) is 0 Å². The first-order valence-corrected chi connectivity index (χ1v) is 6.36.